The molecule has 0 aliphatic heterocycles. The molecule has 2 aromatic rings. The van der Waals surface area contributed by atoms with Crippen molar-refractivity contribution in [2.45, 2.75) is 37.1 Å². The predicted molar refractivity (Wildman–Crippen MR) is 73.9 cm³/mol. The molecule has 1 aliphatic rings. The van der Waals surface area contributed by atoms with E-state index in [1.807, 2.05) is 30.3 Å². The maximum Gasteiger partial charge on any atom is 0.246 e. The Bertz CT molecular complexity index is 703. The lowest BCUT2D eigenvalue weighted by molar-refractivity contribution is 0.390. The van der Waals surface area contributed by atoms with Crippen LogP contribution in [0.3, 0.4) is 0 Å². The van der Waals surface area contributed by atoms with Gasteiger partial charge in [0.05, 0.1) is 0 Å². The van der Waals surface area contributed by atoms with Gasteiger partial charge >= 0.3 is 0 Å². The Morgan fingerprint density at radius 2 is 1.95 bits per heavy atom. The molecular weight excluding hydrogens is 276 g/mol. The summed E-state index contributed by atoms with van der Waals surface area (Å²) in [4.78, 5) is 0.163. The fourth-order valence-corrected chi connectivity index (χ4v) is 4.13. The average Bonchev–Trinajstić information content (AvgIpc) is 3.06. The standard InChI is InChI=1S/C14H16N2O3S/c1-9-14(10(2)19-15-9)20(17,18)16-13-8-12(13)11-6-4-3-5-7-11/h3-7,12-13,16H,8H2,1-2H3/t12-,13-/m1/s1. The van der Waals surface area contributed by atoms with Crippen molar-refractivity contribution in [1.29, 1.82) is 0 Å². The van der Waals surface area contributed by atoms with E-state index in [1.54, 1.807) is 13.8 Å². The number of aromatic nitrogens is 1. The molecule has 106 valence electrons. The smallest absolute Gasteiger partial charge is 0.246 e. The van der Waals surface area contributed by atoms with E-state index >= 15 is 0 Å². The number of aryl methyl sites for hydroxylation is 2. The summed E-state index contributed by atoms with van der Waals surface area (Å²) in [5, 5.41) is 3.69. The minimum absolute atomic E-state index is 0.0453. The topological polar surface area (TPSA) is 72.2 Å². The van der Waals surface area contributed by atoms with E-state index in [0.29, 0.717) is 11.5 Å². The first-order chi connectivity index (χ1) is 9.49. The first kappa shape index (κ1) is 13.3. The highest BCUT2D eigenvalue weighted by Crippen LogP contribution is 2.41. The van der Waals surface area contributed by atoms with Crippen molar-refractivity contribution in [3.05, 3.63) is 47.3 Å². The van der Waals surface area contributed by atoms with Crippen LogP contribution >= 0.6 is 0 Å². The van der Waals surface area contributed by atoms with Gasteiger partial charge in [0.15, 0.2) is 5.76 Å². The van der Waals surface area contributed by atoms with Crippen molar-refractivity contribution in [3.63, 3.8) is 0 Å². The monoisotopic (exact) mass is 292 g/mol. The van der Waals surface area contributed by atoms with E-state index in [0.717, 1.165) is 6.42 Å². The molecule has 0 radical (unpaired) electrons. The summed E-state index contributed by atoms with van der Waals surface area (Å²) in [5.74, 6) is 0.582. The van der Waals surface area contributed by atoms with Crippen molar-refractivity contribution >= 4 is 10.0 Å². The van der Waals surface area contributed by atoms with E-state index < -0.39 is 10.0 Å². The summed E-state index contributed by atoms with van der Waals surface area (Å²) in [6, 6.07) is 9.88. The van der Waals surface area contributed by atoms with Crippen LogP contribution in [0.25, 0.3) is 0 Å². The van der Waals surface area contributed by atoms with Gasteiger partial charge in [-0.3, -0.25) is 0 Å². The number of hydrogen-bond acceptors (Lipinski definition) is 4. The summed E-state index contributed by atoms with van der Waals surface area (Å²) in [7, 11) is -3.56. The molecule has 0 unspecified atom stereocenters. The lowest BCUT2D eigenvalue weighted by atomic mass is 10.1. The largest absolute Gasteiger partial charge is 0.360 e. The highest BCUT2D eigenvalue weighted by Gasteiger charge is 2.42. The van der Waals surface area contributed by atoms with Gasteiger partial charge in [-0.2, -0.15) is 0 Å². The Hall–Kier alpha value is -1.66. The average molecular weight is 292 g/mol. The van der Waals surface area contributed by atoms with Gasteiger partial charge < -0.3 is 4.52 Å². The molecule has 5 nitrogen and oxygen atoms in total. The van der Waals surface area contributed by atoms with E-state index in [-0.39, 0.29) is 16.9 Å². The number of sulfonamides is 1. The summed E-state index contributed by atoms with van der Waals surface area (Å²) in [6.45, 7) is 3.24. The number of benzene rings is 1. The van der Waals surface area contributed by atoms with E-state index in [1.165, 1.54) is 5.56 Å². The third-order valence-corrected chi connectivity index (χ3v) is 5.29. The van der Waals surface area contributed by atoms with Crippen LogP contribution in [-0.2, 0) is 10.0 Å². The highest BCUT2D eigenvalue weighted by molar-refractivity contribution is 7.89. The van der Waals surface area contributed by atoms with Gasteiger partial charge in [0.1, 0.15) is 10.6 Å². The molecule has 20 heavy (non-hydrogen) atoms. The molecule has 0 bridgehead atoms. The van der Waals surface area contributed by atoms with Gasteiger partial charge in [-0.1, -0.05) is 35.5 Å². The third kappa shape index (κ3) is 2.36. The van der Waals surface area contributed by atoms with Crippen LogP contribution in [0.5, 0.6) is 0 Å². The molecule has 3 rings (SSSR count). The zero-order chi connectivity index (χ0) is 14.3. The van der Waals surface area contributed by atoms with Gasteiger partial charge in [0.2, 0.25) is 10.0 Å². The van der Waals surface area contributed by atoms with Gasteiger partial charge in [0.25, 0.3) is 0 Å². The first-order valence-corrected chi connectivity index (χ1v) is 7.97. The van der Waals surface area contributed by atoms with Crippen LogP contribution < -0.4 is 4.72 Å². The molecule has 1 heterocycles. The molecule has 0 spiro atoms. The molecule has 1 aromatic heterocycles. The summed E-state index contributed by atoms with van der Waals surface area (Å²) in [6.07, 6.45) is 0.826. The normalized spacial score (nSPS) is 21.9. The highest BCUT2D eigenvalue weighted by atomic mass is 32.2. The SMILES string of the molecule is Cc1noc(C)c1S(=O)(=O)N[C@@H]1C[C@@H]1c1ccccc1. The molecule has 1 fully saturated rings. The van der Waals surface area contributed by atoms with Crippen LogP contribution in [0, 0.1) is 13.8 Å². The van der Waals surface area contributed by atoms with Gasteiger partial charge in [-0.25, -0.2) is 13.1 Å². The lowest BCUT2D eigenvalue weighted by Crippen LogP contribution is -2.27. The van der Waals surface area contributed by atoms with Crippen molar-refractivity contribution in [1.82, 2.24) is 9.88 Å². The second-order valence-electron chi connectivity index (χ2n) is 5.13. The first-order valence-electron chi connectivity index (χ1n) is 6.49. The maximum atomic E-state index is 12.4. The molecule has 1 aliphatic carbocycles. The second kappa shape index (κ2) is 4.71. The predicted octanol–water partition coefficient (Wildman–Crippen LogP) is 2.13. The fraction of sp³-hybridized carbons (Fsp3) is 0.357. The summed E-state index contributed by atoms with van der Waals surface area (Å²) in [5.41, 5.74) is 1.56. The van der Waals surface area contributed by atoms with E-state index in [9.17, 15) is 8.42 Å². The number of hydrogen-bond donors (Lipinski definition) is 1. The molecule has 0 amide bonds. The summed E-state index contributed by atoms with van der Waals surface area (Å²) < 4.78 is 32.4. The Labute approximate surface area is 118 Å². The van der Waals surface area contributed by atoms with Crippen LogP contribution in [-0.4, -0.2) is 19.6 Å². The minimum atomic E-state index is -3.56. The molecule has 6 heteroatoms. The van der Waals surface area contributed by atoms with Gasteiger partial charge in [0, 0.05) is 12.0 Å². The zero-order valence-electron chi connectivity index (χ0n) is 11.3. The number of nitrogens with zero attached hydrogens (tertiary/aromatic N) is 1. The molecular formula is C14H16N2O3S. The zero-order valence-corrected chi connectivity index (χ0v) is 12.1. The maximum absolute atomic E-state index is 12.4. The van der Waals surface area contributed by atoms with Crippen molar-refractivity contribution in [2.24, 2.45) is 0 Å². The van der Waals surface area contributed by atoms with Crippen LogP contribution in [0.1, 0.15) is 29.4 Å². The second-order valence-corrected chi connectivity index (χ2v) is 6.78. The van der Waals surface area contributed by atoms with E-state index in [4.69, 9.17) is 4.52 Å². The Morgan fingerprint density at radius 1 is 1.25 bits per heavy atom. The van der Waals surface area contributed by atoms with E-state index in [2.05, 4.69) is 9.88 Å². The Balaban J connectivity index is 1.77. The minimum Gasteiger partial charge on any atom is -0.360 e. The summed E-state index contributed by atoms with van der Waals surface area (Å²) >= 11 is 0. The van der Waals surface area contributed by atoms with Gasteiger partial charge in [-0.15, -0.1) is 0 Å². The van der Waals surface area contributed by atoms with Crippen LogP contribution in [0.15, 0.2) is 39.8 Å². The molecule has 2 atom stereocenters. The number of nitrogens with one attached hydrogen (secondary N) is 1. The Morgan fingerprint density at radius 3 is 2.55 bits per heavy atom. The quantitative estimate of drug-likeness (QED) is 0.937. The van der Waals surface area contributed by atoms with Crippen LogP contribution in [0.2, 0.25) is 0 Å². The third-order valence-electron chi connectivity index (χ3n) is 3.56. The molecule has 1 aromatic carbocycles. The molecule has 1 N–H and O–H groups in total. The van der Waals surface area contributed by atoms with Crippen molar-refractivity contribution < 1.29 is 12.9 Å². The number of rotatable bonds is 4. The molecule has 1 saturated carbocycles. The van der Waals surface area contributed by atoms with Gasteiger partial charge in [-0.05, 0) is 25.8 Å². The Kier molecular flexibility index (Phi) is 3.14. The molecule has 0 saturated heterocycles. The van der Waals surface area contributed by atoms with Crippen molar-refractivity contribution in [2.75, 3.05) is 0 Å². The van der Waals surface area contributed by atoms with Crippen LogP contribution in [0.4, 0.5) is 0 Å². The lowest BCUT2D eigenvalue weighted by Gasteiger charge is -2.05. The van der Waals surface area contributed by atoms with Crippen molar-refractivity contribution in [3.8, 4) is 0 Å². The fourth-order valence-electron chi connectivity index (χ4n) is 2.51.